The highest BCUT2D eigenvalue weighted by molar-refractivity contribution is 6.10. The van der Waals surface area contributed by atoms with E-state index in [4.69, 9.17) is 5.73 Å². The van der Waals surface area contributed by atoms with Crippen molar-refractivity contribution < 1.29 is 27.2 Å². The maximum Gasteiger partial charge on any atom is 0.417 e. The lowest BCUT2D eigenvalue weighted by Gasteiger charge is -2.33. The average Bonchev–Trinajstić information content (AvgIpc) is 3.20. The fourth-order valence-corrected chi connectivity index (χ4v) is 3.95. The van der Waals surface area contributed by atoms with E-state index >= 15 is 4.39 Å². The van der Waals surface area contributed by atoms with Crippen LogP contribution in [0.5, 0.6) is 0 Å². The largest absolute Gasteiger partial charge is 0.417 e. The number of benzene rings is 1. The molecule has 4 rings (SSSR count). The molecule has 2 N–H and O–H groups in total. The Morgan fingerprint density at radius 1 is 1.11 bits per heavy atom. The normalized spacial score (nSPS) is 11.8. The van der Waals surface area contributed by atoms with Gasteiger partial charge in [0.05, 0.1) is 46.0 Å². The van der Waals surface area contributed by atoms with Gasteiger partial charge in [-0.3, -0.25) is 24.3 Å². The molecule has 0 bridgehead atoms. The van der Waals surface area contributed by atoms with Gasteiger partial charge in [0.2, 0.25) is 5.91 Å². The van der Waals surface area contributed by atoms with Crippen LogP contribution in [0.25, 0.3) is 21.8 Å². The highest BCUT2D eigenvalue weighted by atomic mass is 19.4. The Kier molecular flexibility index (Phi) is 6.24. The van der Waals surface area contributed by atoms with Crippen LogP contribution >= 0.6 is 0 Å². The van der Waals surface area contributed by atoms with Crippen LogP contribution in [-0.4, -0.2) is 48.1 Å². The summed E-state index contributed by atoms with van der Waals surface area (Å²) in [6.45, 7) is 2.49. The molecule has 0 atom stereocenters. The van der Waals surface area contributed by atoms with Crippen LogP contribution in [0, 0.1) is 5.82 Å². The number of alkyl halides is 3. The topological polar surface area (TPSA) is 110 Å². The Labute approximate surface area is 202 Å². The second-order valence-corrected chi connectivity index (χ2v) is 8.01. The van der Waals surface area contributed by atoms with E-state index in [0.29, 0.717) is 22.5 Å². The fraction of sp³-hybridized carbons (Fsp3) is 0.261. The van der Waals surface area contributed by atoms with Gasteiger partial charge in [0.1, 0.15) is 11.6 Å². The van der Waals surface area contributed by atoms with Crippen molar-refractivity contribution in [1.29, 1.82) is 0 Å². The molecule has 0 aliphatic heterocycles. The van der Waals surface area contributed by atoms with E-state index < -0.39 is 29.4 Å². The minimum Gasteiger partial charge on any atom is -0.383 e. The van der Waals surface area contributed by atoms with Gasteiger partial charge in [-0.1, -0.05) is 0 Å². The molecule has 0 aliphatic carbocycles. The summed E-state index contributed by atoms with van der Waals surface area (Å²) in [6, 6.07) is 4.27. The second-order valence-electron chi connectivity index (χ2n) is 8.01. The minimum atomic E-state index is -4.58. The fourth-order valence-electron chi connectivity index (χ4n) is 3.95. The van der Waals surface area contributed by atoms with Crippen molar-refractivity contribution in [3.63, 3.8) is 0 Å². The SMILES string of the molecule is CCN(C(C)=O)N(Cc1ccc(C(F)(F)F)cn1)C(=O)c1cc2c(cc1F)nc(N)c1cnn(C)c12. The third-order valence-corrected chi connectivity index (χ3v) is 5.68. The van der Waals surface area contributed by atoms with Crippen molar-refractivity contribution >= 4 is 39.4 Å². The molecule has 0 fully saturated rings. The number of pyridine rings is 2. The Morgan fingerprint density at radius 3 is 2.42 bits per heavy atom. The van der Waals surface area contributed by atoms with E-state index in [1.54, 1.807) is 14.0 Å². The number of hydrazine groups is 1. The van der Waals surface area contributed by atoms with Crippen LogP contribution in [0.1, 0.15) is 35.5 Å². The molecular weight excluding hydrogens is 482 g/mol. The molecule has 3 aromatic heterocycles. The van der Waals surface area contributed by atoms with Crippen molar-refractivity contribution in [2.24, 2.45) is 7.05 Å². The summed E-state index contributed by atoms with van der Waals surface area (Å²) >= 11 is 0. The number of aromatic nitrogens is 4. The summed E-state index contributed by atoms with van der Waals surface area (Å²) in [7, 11) is 1.66. The van der Waals surface area contributed by atoms with Gasteiger partial charge >= 0.3 is 6.18 Å². The molecule has 0 unspecified atom stereocenters. The summed E-state index contributed by atoms with van der Waals surface area (Å²) in [5.74, 6) is -2.18. The number of nitrogens with zero attached hydrogens (tertiary/aromatic N) is 6. The molecule has 9 nitrogen and oxygen atoms in total. The number of nitrogen functional groups attached to an aromatic ring is 1. The molecule has 13 heteroatoms. The Hall–Kier alpha value is -4.29. The van der Waals surface area contributed by atoms with Crippen LogP contribution < -0.4 is 5.73 Å². The second kappa shape index (κ2) is 9.06. The lowest BCUT2D eigenvalue weighted by Crippen LogP contribution is -2.48. The number of fused-ring (bicyclic) bond motifs is 3. The van der Waals surface area contributed by atoms with Crippen molar-refractivity contribution in [2.75, 3.05) is 12.3 Å². The number of nitrogens with two attached hydrogens (primary N) is 1. The molecule has 188 valence electrons. The Bertz CT molecular complexity index is 1480. The molecule has 2 amide bonds. The molecule has 4 aromatic rings. The van der Waals surface area contributed by atoms with Gasteiger partial charge in [-0.2, -0.15) is 18.3 Å². The van der Waals surface area contributed by atoms with Gasteiger partial charge in [-0.15, -0.1) is 0 Å². The first-order valence-corrected chi connectivity index (χ1v) is 10.7. The van der Waals surface area contributed by atoms with Gasteiger partial charge in [-0.25, -0.2) is 14.4 Å². The van der Waals surface area contributed by atoms with Crippen LogP contribution in [0.2, 0.25) is 0 Å². The summed E-state index contributed by atoms with van der Waals surface area (Å²) in [6.07, 6.45) is -2.45. The predicted octanol–water partition coefficient (Wildman–Crippen LogP) is 3.68. The smallest absolute Gasteiger partial charge is 0.383 e. The molecular formula is C23H21F4N7O2. The van der Waals surface area contributed by atoms with Crippen LogP contribution in [0.4, 0.5) is 23.4 Å². The molecule has 0 radical (unpaired) electrons. The number of hydrogen-bond acceptors (Lipinski definition) is 6. The first-order chi connectivity index (χ1) is 16.9. The van der Waals surface area contributed by atoms with E-state index in [-0.39, 0.29) is 35.7 Å². The standard InChI is InChI=1S/C23H21F4N7O2/c1-4-33(12(2)35)34(11-14-6-5-13(9-29-14)23(25,26)27)22(36)15-7-16-19(8-18(15)24)31-21(28)17-10-30-32(3)20(16)17/h5-10H,4,11H2,1-3H3,(H2,28,31). The molecule has 0 saturated heterocycles. The minimum absolute atomic E-state index is 0.0426. The van der Waals surface area contributed by atoms with Gasteiger partial charge in [0, 0.05) is 38.2 Å². The van der Waals surface area contributed by atoms with Gasteiger partial charge in [-0.05, 0) is 25.1 Å². The number of carbonyl (C=O) groups is 2. The number of aryl methyl sites for hydroxylation is 1. The highest BCUT2D eigenvalue weighted by Gasteiger charge is 2.32. The van der Waals surface area contributed by atoms with Crippen molar-refractivity contribution in [1.82, 2.24) is 29.8 Å². The summed E-state index contributed by atoms with van der Waals surface area (Å²) in [5.41, 5.74) is 5.43. The van der Waals surface area contributed by atoms with E-state index in [9.17, 15) is 22.8 Å². The molecule has 0 aliphatic rings. The maximum absolute atomic E-state index is 15.2. The zero-order chi connectivity index (χ0) is 26.4. The molecule has 36 heavy (non-hydrogen) atoms. The third kappa shape index (κ3) is 4.39. The average molecular weight is 503 g/mol. The first-order valence-electron chi connectivity index (χ1n) is 10.7. The maximum atomic E-state index is 15.2. The lowest BCUT2D eigenvalue weighted by molar-refractivity contribution is -0.142. The number of hydrogen-bond donors (Lipinski definition) is 1. The number of rotatable bonds is 4. The van der Waals surface area contributed by atoms with Gasteiger partial charge < -0.3 is 5.73 Å². The number of anilines is 1. The van der Waals surface area contributed by atoms with Crippen LogP contribution in [-0.2, 0) is 24.6 Å². The number of halogens is 4. The van der Waals surface area contributed by atoms with E-state index in [1.165, 1.54) is 23.9 Å². The van der Waals surface area contributed by atoms with E-state index in [0.717, 1.165) is 28.2 Å². The van der Waals surface area contributed by atoms with E-state index in [2.05, 4.69) is 15.1 Å². The third-order valence-electron chi connectivity index (χ3n) is 5.68. The summed E-state index contributed by atoms with van der Waals surface area (Å²) in [5, 5.41) is 7.08. The lowest BCUT2D eigenvalue weighted by atomic mass is 10.1. The predicted molar refractivity (Wildman–Crippen MR) is 123 cm³/mol. The van der Waals surface area contributed by atoms with Gasteiger partial charge in [0.25, 0.3) is 5.91 Å². The summed E-state index contributed by atoms with van der Waals surface area (Å²) in [4.78, 5) is 33.8. The van der Waals surface area contributed by atoms with Crippen molar-refractivity contribution in [3.05, 3.63) is 59.3 Å². The van der Waals surface area contributed by atoms with Crippen molar-refractivity contribution in [3.8, 4) is 0 Å². The van der Waals surface area contributed by atoms with Gasteiger partial charge in [0.15, 0.2) is 0 Å². The highest BCUT2D eigenvalue weighted by Crippen LogP contribution is 2.31. The van der Waals surface area contributed by atoms with Crippen molar-refractivity contribution in [2.45, 2.75) is 26.6 Å². The molecule has 0 saturated carbocycles. The zero-order valence-electron chi connectivity index (χ0n) is 19.5. The Morgan fingerprint density at radius 2 is 1.83 bits per heavy atom. The Balaban J connectivity index is 1.81. The van der Waals surface area contributed by atoms with Crippen LogP contribution in [0.15, 0.2) is 36.7 Å². The molecule has 3 heterocycles. The first kappa shape index (κ1) is 24.8. The molecule has 1 aromatic carbocycles. The number of amides is 2. The number of carbonyl (C=O) groups excluding carboxylic acids is 2. The van der Waals surface area contributed by atoms with E-state index in [1.807, 2.05) is 0 Å². The quantitative estimate of drug-likeness (QED) is 0.336. The molecule has 0 spiro atoms. The monoisotopic (exact) mass is 503 g/mol. The summed E-state index contributed by atoms with van der Waals surface area (Å²) < 4.78 is 55.4. The van der Waals surface area contributed by atoms with Crippen LogP contribution in [0.3, 0.4) is 0 Å². The zero-order valence-corrected chi connectivity index (χ0v) is 19.5.